The van der Waals surface area contributed by atoms with Crippen LogP contribution in [0.1, 0.15) is 37.8 Å². The van der Waals surface area contributed by atoms with E-state index in [1.54, 1.807) is 0 Å². The lowest BCUT2D eigenvalue weighted by molar-refractivity contribution is -0.388. The number of nitrogens with one attached hydrogen (secondary N) is 1. The van der Waals surface area contributed by atoms with Crippen LogP contribution in [0.2, 0.25) is 0 Å². The number of hydrogen-bond donors (Lipinski definition) is 1. The van der Waals surface area contributed by atoms with Crippen LogP contribution in [0.3, 0.4) is 0 Å². The van der Waals surface area contributed by atoms with Crippen LogP contribution >= 0.6 is 0 Å². The molecule has 0 aliphatic heterocycles. The molecule has 0 unspecified atom stereocenters. The molecule has 1 aromatic carbocycles. The first-order valence-corrected chi connectivity index (χ1v) is 8.10. The van der Waals surface area contributed by atoms with Gasteiger partial charge in [0.2, 0.25) is 15.8 Å². The van der Waals surface area contributed by atoms with Crippen molar-refractivity contribution >= 4 is 15.7 Å². The summed E-state index contributed by atoms with van der Waals surface area (Å²) < 4.78 is 41.0. The highest BCUT2D eigenvalue weighted by atomic mass is 32.2. The van der Waals surface area contributed by atoms with Crippen LogP contribution in [0.4, 0.5) is 10.1 Å². The first-order valence-electron chi connectivity index (χ1n) is 6.62. The normalized spacial score (nSPS) is 11.9. The maximum atomic E-state index is 13.7. The van der Waals surface area contributed by atoms with E-state index >= 15 is 0 Å². The molecule has 0 aromatic heterocycles. The van der Waals surface area contributed by atoms with Gasteiger partial charge < -0.3 is 0 Å². The maximum absolute atomic E-state index is 13.7. The molecule has 0 saturated carbocycles. The topological polar surface area (TPSA) is 89.3 Å². The molecule has 1 rings (SSSR count). The number of sulfonamides is 1. The van der Waals surface area contributed by atoms with Gasteiger partial charge in [0.05, 0.1) is 15.4 Å². The number of nitro groups is 1. The van der Waals surface area contributed by atoms with Crippen molar-refractivity contribution in [3.8, 4) is 0 Å². The predicted molar refractivity (Wildman–Crippen MR) is 77.2 cm³/mol. The zero-order chi connectivity index (χ0) is 16.4. The Morgan fingerprint density at radius 2 is 1.86 bits per heavy atom. The van der Waals surface area contributed by atoms with E-state index < -0.39 is 26.5 Å². The Hall–Kier alpha value is -1.54. The molecular formula is C13H19FN2O4S. The average Bonchev–Trinajstić information content (AvgIpc) is 2.34. The molecule has 0 spiro atoms. The maximum Gasteiger partial charge on any atom is 0.309 e. The van der Waals surface area contributed by atoms with Gasteiger partial charge in [0.15, 0.2) is 0 Å². The fraction of sp³-hybridized carbons (Fsp3) is 0.538. The van der Waals surface area contributed by atoms with E-state index in [1.165, 1.54) is 13.8 Å². The summed E-state index contributed by atoms with van der Waals surface area (Å²) in [6, 6.07) is 0.616. The van der Waals surface area contributed by atoms with Gasteiger partial charge in [0.25, 0.3) is 0 Å². The van der Waals surface area contributed by atoms with E-state index in [9.17, 15) is 22.9 Å². The van der Waals surface area contributed by atoms with Crippen LogP contribution in [0.25, 0.3) is 0 Å². The zero-order valence-corrected chi connectivity index (χ0v) is 13.3. The van der Waals surface area contributed by atoms with Crippen LogP contribution in [0.5, 0.6) is 0 Å². The molecule has 6 nitrogen and oxygen atoms in total. The number of rotatable bonds is 6. The summed E-state index contributed by atoms with van der Waals surface area (Å²) in [5.41, 5.74) is -0.837. The molecule has 1 N–H and O–H groups in total. The minimum Gasteiger partial charge on any atom is -0.258 e. The van der Waals surface area contributed by atoms with Crippen molar-refractivity contribution in [2.24, 2.45) is 0 Å². The van der Waals surface area contributed by atoms with Gasteiger partial charge in [0.1, 0.15) is 0 Å². The Kier molecular flexibility index (Phi) is 5.41. The van der Waals surface area contributed by atoms with E-state index in [2.05, 4.69) is 4.72 Å². The Balaban J connectivity index is 3.49. The first-order chi connectivity index (χ1) is 9.65. The van der Waals surface area contributed by atoms with Gasteiger partial charge in [-0.2, -0.15) is 4.39 Å². The van der Waals surface area contributed by atoms with Gasteiger partial charge >= 0.3 is 5.69 Å². The number of nitro benzene ring substituents is 1. The number of hydrogen-bond acceptors (Lipinski definition) is 4. The highest BCUT2D eigenvalue weighted by Gasteiger charge is 2.30. The van der Waals surface area contributed by atoms with Gasteiger partial charge in [-0.3, -0.25) is 10.1 Å². The molecule has 0 aliphatic carbocycles. The Labute approximate surface area is 123 Å². The SMILES string of the molecule is CCC(CC)NS(=O)(=O)c1c(C)cc(F)c([N+](=O)[O-])c1C. The predicted octanol–water partition coefficient (Wildman–Crippen LogP) is 2.82. The van der Waals surface area contributed by atoms with Crippen LogP contribution < -0.4 is 4.72 Å². The second-order valence-corrected chi connectivity index (χ2v) is 6.52. The highest BCUT2D eigenvalue weighted by molar-refractivity contribution is 7.89. The molecule has 0 amide bonds. The molecule has 0 aliphatic rings. The van der Waals surface area contributed by atoms with Gasteiger partial charge in [-0.15, -0.1) is 0 Å². The largest absolute Gasteiger partial charge is 0.309 e. The van der Waals surface area contributed by atoms with E-state index in [0.717, 1.165) is 6.07 Å². The molecule has 0 saturated heterocycles. The average molecular weight is 318 g/mol. The van der Waals surface area contributed by atoms with Crippen LogP contribution in [-0.4, -0.2) is 19.4 Å². The van der Waals surface area contributed by atoms with Crippen molar-refractivity contribution in [1.29, 1.82) is 0 Å². The summed E-state index contributed by atoms with van der Waals surface area (Å²) in [6.07, 6.45) is 1.19. The van der Waals surface area contributed by atoms with Gasteiger partial charge in [-0.05, 0) is 38.3 Å². The molecule has 1 aromatic rings. The van der Waals surface area contributed by atoms with Crippen molar-refractivity contribution in [3.63, 3.8) is 0 Å². The second kappa shape index (κ2) is 6.48. The molecule has 0 radical (unpaired) electrons. The van der Waals surface area contributed by atoms with Crippen molar-refractivity contribution in [2.75, 3.05) is 0 Å². The lowest BCUT2D eigenvalue weighted by atomic mass is 10.1. The lowest BCUT2D eigenvalue weighted by Gasteiger charge is -2.17. The van der Waals surface area contributed by atoms with Crippen LogP contribution in [-0.2, 0) is 10.0 Å². The van der Waals surface area contributed by atoms with Crippen molar-refractivity contribution in [2.45, 2.75) is 51.5 Å². The summed E-state index contributed by atoms with van der Waals surface area (Å²) in [4.78, 5) is 9.80. The van der Waals surface area contributed by atoms with Crippen LogP contribution in [0, 0.1) is 29.8 Å². The minimum absolute atomic E-state index is 0.147. The van der Waals surface area contributed by atoms with Crippen molar-refractivity contribution in [3.05, 3.63) is 33.1 Å². The van der Waals surface area contributed by atoms with Gasteiger partial charge in [-0.25, -0.2) is 13.1 Å². The molecule has 21 heavy (non-hydrogen) atoms. The Morgan fingerprint density at radius 3 is 2.29 bits per heavy atom. The van der Waals surface area contributed by atoms with Crippen molar-refractivity contribution in [1.82, 2.24) is 4.72 Å². The molecule has 0 bridgehead atoms. The summed E-state index contributed by atoms with van der Waals surface area (Å²) in [6.45, 7) is 6.34. The third-order valence-corrected chi connectivity index (χ3v) is 5.19. The first kappa shape index (κ1) is 17.5. The molecule has 8 heteroatoms. The van der Waals surface area contributed by atoms with Gasteiger partial charge in [0, 0.05) is 6.04 Å². The number of halogens is 1. The second-order valence-electron chi connectivity index (χ2n) is 4.87. The third kappa shape index (κ3) is 3.56. The smallest absolute Gasteiger partial charge is 0.258 e. The molecule has 0 fully saturated rings. The fourth-order valence-corrected chi connectivity index (χ4v) is 4.15. The zero-order valence-electron chi connectivity index (χ0n) is 12.4. The highest BCUT2D eigenvalue weighted by Crippen LogP contribution is 2.31. The monoisotopic (exact) mass is 318 g/mol. The molecule has 0 atom stereocenters. The third-order valence-electron chi connectivity index (χ3n) is 3.38. The lowest BCUT2D eigenvalue weighted by Crippen LogP contribution is -2.34. The summed E-state index contributed by atoms with van der Waals surface area (Å²) in [7, 11) is -3.94. The standard InChI is InChI=1S/C13H19FN2O4S/c1-5-10(6-2)15-21(19,20)13-8(3)7-11(14)12(9(13)4)16(17)18/h7,10,15H,5-6H2,1-4H3. The minimum atomic E-state index is -3.94. The van der Waals surface area contributed by atoms with Gasteiger partial charge in [-0.1, -0.05) is 13.8 Å². The Morgan fingerprint density at radius 1 is 1.33 bits per heavy atom. The molecule has 0 heterocycles. The fourth-order valence-electron chi connectivity index (χ4n) is 2.28. The summed E-state index contributed by atoms with van der Waals surface area (Å²) in [5, 5.41) is 10.9. The van der Waals surface area contributed by atoms with Crippen LogP contribution in [0.15, 0.2) is 11.0 Å². The van der Waals surface area contributed by atoms with E-state index in [4.69, 9.17) is 0 Å². The Bertz CT molecular complexity index is 655. The molecular weight excluding hydrogens is 299 g/mol. The number of aryl methyl sites for hydroxylation is 1. The van der Waals surface area contributed by atoms with E-state index in [1.807, 2.05) is 13.8 Å². The summed E-state index contributed by atoms with van der Waals surface area (Å²) >= 11 is 0. The molecule has 118 valence electrons. The van der Waals surface area contributed by atoms with E-state index in [0.29, 0.717) is 12.8 Å². The summed E-state index contributed by atoms with van der Waals surface area (Å²) in [5.74, 6) is -1.03. The quantitative estimate of drug-likeness (QED) is 0.645. The number of benzene rings is 1. The number of nitrogens with zero attached hydrogens (tertiary/aromatic N) is 1. The van der Waals surface area contributed by atoms with E-state index in [-0.39, 0.29) is 22.1 Å². The van der Waals surface area contributed by atoms with Crippen molar-refractivity contribution < 1.29 is 17.7 Å².